The van der Waals surface area contributed by atoms with E-state index in [4.69, 9.17) is 4.74 Å². The van der Waals surface area contributed by atoms with Crippen LogP contribution >= 0.6 is 0 Å². The summed E-state index contributed by atoms with van der Waals surface area (Å²) in [6, 6.07) is 6.38. The van der Waals surface area contributed by atoms with Crippen LogP contribution in [0.25, 0.3) is 11.0 Å². The molecule has 21 heavy (non-hydrogen) atoms. The molecule has 114 valence electrons. The molecule has 3 N–H and O–H groups in total. The molecule has 2 atom stereocenters. The van der Waals surface area contributed by atoms with Gasteiger partial charge < -0.3 is 20.0 Å². The SMILES string of the molecule is CNC(CCC1CCCCO1)c1ccc2[nH]c(=O)[nH]c2c1. The molecule has 0 radical (unpaired) electrons. The summed E-state index contributed by atoms with van der Waals surface area (Å²) >= 11 is 0. The monoisotopic (exact) mass is 289 g/mol. The van der Waals surface area contributed by atoms with Crippen LogP contribution in [0.5, 0.6) is 0 Å². The fraction of sp³-hybridized carbons (Fsp3) is 0.562. The Balaban J connectivity index is 1.69. The van der Waals surface area contributed by atoms with Crippen molar-refractivity contribution >= 4 is 11.0 Å². The van der Waals surface area contributed by atoms with E-state index >= 15 is 0 Å². The molecule has 5 nitrogen and oxygen atoms in total. The van der Waals surface area contributed by atoms with Crippen molar-refractivity contribution < 1.29 is 4.74 Å². The van der Waals surface area contributed by atoms with Crippen molar-refractivity contribution in [2.45, 2.75) is 44.2 Å². The van der Waals surface area contributed by atoms with Crippen molar-refractivity contribution in [3.05, 3.63) is 34.2 Å². The Bertz CT molecular complexity index is 640. The molecule has 2 aromatic rings. The molecule has 1 fully saturated rings. The van der Waals surface area contributed by atoms with Gasteiger partial charge in [-0.3, -0.25) is 0 Å². The molecular formula is C16H23N3O2. The highest BCUT2D eigenvalue weighted by atomic mass is 16.5. The van der Waals surface area contributed by atoms with Gasteiger partial charge in [-0.1, -0.05) is 6.07 Å². The molecule has 0 bridgehead atoms. The minimum Gasteiger partial charge on any atom is -0.378 e. The molecule has 0 spiro atoms. The molecule has 1 aromatic carbocycles. The standard InChI is InChI=1S/C16H23N3O2/c1-17-13(8-6-12-4-2-3-9-21-12)11-5-7-14-15(10-11)19-16(20)18-14/h5,7,10,12-13,17H,2-4,6,8-9H2,1H3,(H2,18,19,20). The maximum absolute atomic E-state index is 11.3. The molecule has 0 saturated carbocycles. The fourth-order valence-electron chi connectivity index (χ4n) is 3.13. The largest absolute Gasteiger partial charge is 0.378 e. The maximum atomic E-state index is 11.3. The van der Waals surface area contributed by atoms with Crippen LogP contribution < -0.4 is 11.0 Å². The average molecular weight is 289 g/mol. The molecule has 2 unspecified atom stereocenters. The summed E-state index contributed by atoms with van der Waals surface area (Å²) in [6.07, 6.45) is 6.19. The fourth-order valence-corrected chi connectivity index (χ4v) is 3.13. The van der Waals surface area contributed by atoms with Crippen LogP contribution in [0, 0.1) is 0 Å². The minimum atomic E-state index is -0.154. The number of benzene rings is 1. The number of hydrogen-bond donors (Lipinski definition) is 3. The Morgan fingerprint density at radius 1 is 1.33 bits per heavy atom. The molecule has 1 aliphatic heterocycles. The van der Waals surface area contributed by atoms with Crippen LogP contribution in [-0.2, 0) is 4.74 Å². The lowest BCUT2D eigenvalue weighted by Gasteiger charge is -2.25. The predicted molar refractivity (Wildman–Crippen MR) is 83.5 cm³/mol. The summed E-state index contributed by atoms with van der Waals surface area (Å²) < 4.78 is 5.80. The topological polar surface area (TPSA) is 69.9 Å². The van der Waals surface area contributed by atoms with Crippen LogP contribution in [0.3, 0.4) is 0 Å². The molecule has 3 rings (SSSR count). The number of H-pyrrole nitrogens is 2. The third-order valence-corrected chi connectivity index (χ3v) is 4.34. The van der Waals surface area contributed by atoms with Crippen molar-refractivity contribution in [1.29, 1.82) is 0 Å². The lowest BCUT2D eigenvalue weighted by atomic mass is 9.97. The van der Waals surface area contributed by atoms with Crippen LogP contribution in [0.1, 0.15) is 43.7 Å². The number of nitrogens with one attached hydrogen (secondary N) is 3. The first-order valence-corrected chi connectivity index (χ1v) is 7.77. The minimum absolute atomic E-state index is 0.154. The Kier molecular flexibility index (Phi) is 4.41. The van der Waals surface area contributed by atoms with Crippen LogP contribution in [0.2, 0.25) is 0 Å². The van der Waals surface area contributed by atoms with Gasteiger partial charge in [0.15, 0.2) is 0 Å². The lowest BCUT2D eigenvalue weighted by molar-refractivity contribution is 0.00866. The number of hydrogen-bond acceptors (Lipinski definition) is 3. The van der Waals surface area contributed by atoms with Gasteiger partial charge >= 0.3 is 5.69 Å². The normalized spacial score (nSPS) is 20.7. The van der Waals surface area contributed by atoms with Crippen molar-refractivity contribution in [2.24, 2.45) is 0 Å². The number of imidazole rings is 1. The molecule has 1 aromatic heterocycles. The van der Waals surface area contributed by atoms with Gasteiger partial charge in [0.25, 0.3) is 0 Å². The second-order valence-corrected chi connectivity index (χ2v) is 5.79. The summed E-state index contributed by atoms with van der Waals surface area (Å²) in [7, 11) is 1.98. The number of fused-ring (bicyclic) bond motifs is 1. The summed E-state index contributed by atoms with van der Waals surface area (Å²) in [5.41, 5.74) is 2.77. The lowest BCUT2D eigenvalue weighted by Crippen LogP contribution is -2.23. The van der Waals surface area contributed by atoms with Crippen LogP contribution in [-0.4, -0.2) is 29.7 Å². The van der Waals surface area contributed by atoms with Gasteiger partial charge in [-0.05, 0) is 56.8 Å². The van der Waals surface area contributed by atoms with Gasteiger partial charge in [0, 0.05) is 12.6 Å². The van der Waals surface area contributed by atoms with E-state index in [0.29, 0.717) is 12.1 Å². The van der Waals surface area contributed by atoms with E-state index in [2.05, 4.69) is 27.4 Å². The molecule has 0 aliphatic carbocycles. The van der Waals surface area contributed by atoms with Gasteiger partial charge in [-0.2, -0.15) is 0 Å². The number of ether oxygens (including phenoxy) is 1. The van der Waals surface area contributed by atoms with E-state index in [0.717, 1.165) is 30.5 Å². The number of rotatable bonds is 5. The second kappa shape index (κ2) is 6.45. The third-order valence-electron chi connectivity index (χ3n) is 4.34. The summed E-state index contributed by atoms with van der Waals surface area (Å²) in [6.45, 7) is 0.908. The Hall–Kier alpha value is -1.59. The highest BCUT2D eigenvalue weighted by Crippen LogP contribution is 2.25. The molecule has 0 amide bonds. The van der Waals surface area contributed by atoms with Crippen molar-refractivity contribution in [2.75, 3.05) is 13.7 Å². The van der Waals surface area contributed by atoms with Crippen molar-refractivity contribution in [1.82, 2.24) is 15.3 Å². The van der Waals surface area contributed by atoms with E-state index in [1.165, 1.54) is 24.8 Å². The highest BCUT2D eigenvalue weighted by molar-refractivity contribution is 5.75. The summed E-state index contributed by atoms with van der Waals surface area (Å²) in [5, 5.41) is 3.37. The zero-order valence-corrected chi connectivity index (χ0v) is 12.4. The van der Waals surface area contributed by atoms with E-state index in [1.807, 2.05) is 13.1 Å². The van der Waals surface area contributed by atoms with E-state index in [-0.39, 0.29) is 5.69 Å². The van der Waals surface area contributed by atoms with Crippen LogP contribution in [0.15, 0.2) is 23.0 Å². The maximum Gasteiger partial charge on any atom is 0.323 e. The summed E-state index contributed by atoms with van der Waals surface area (Å²) in [5.74, 6) is 0. The first kappa shape index (κ1) is 14.4. The van der Waals surface area contributed by atoms with Gasteiger partial charge in [0.05, 0.1) is 17.1 Å². The van der Waals surface area contributed by atoms with Crippen molar-refractivity contribution in [3.8, 4) is 0 Å². The third kappa shape index (κ3) is 3.36. The number of aromatic amines is 2. The highest BCUT2D eigenvalue weighted by Gasteiger charge is 2.17. The smallest absolute Gasteiger partial charge is 0.323 e. The Morgan fingerprint density at radius 3 is 2.95 bits per heavy atom. The Morgan fingerprint density at radius 2 is 2.19 bits per heavy atom. The van der Waals surface area contributed by atoms with E-state index in [1.54, 1.807) is 0 Å². The molecule has 5 heteroatoms. The quantitative estimate of drug-likeness (QED) is 0.792. The molecule has 1 aliphatic rings. The van der Waals surface area contributed by atoms with Gasteiger partial charge in [-0.15, -0.1) is 0 Å². The molecule has 2 heterocycles. The van der Waals surface area contributed by atoms with Gasteiger partial charge in [0.1, 0.15) is 0 Å². The van der Waals surface area contributed by atoms with Gasteiger partial charge in [-0.25, -0.2) is 4.79 Å². The number of aromatic nitrogens is 2. The van der Waals surface area contributed by atoms with E-state index in [9.17, 15) is 4.79 Å². The Labute approximate surface area is 124 Å². The predicted octanol–water partition coefficient (Wildman–Crippen LogP) is 2.47. The second-order valence-electron chi connectivity index (χ2n) is 5.79. The van der Waals surface area contributed by atoms with Gasteiger partial charge in [0.2, 0.25) is 0 Å². The van der Waals surface area contributed by atoms with Crippen molar-refractivity contribution in [3.63, 3.8) is 0 Å². The van der Waals surface area contributed by atoms with E-state index < -0.39 is 0 Å². The average Bonchev–Trinajstić information content (AvgIpc) is 2.88. The molecule has 1 saturated heterocycles. The zero-order chi connectivity index (χ0) is 14.7. The summed E-state index contributed by atoms with van der Waals surface area (Å²) in [4.78, 5) is 16.9. The zero-order valence-electron chi connectivity index (χ0n) is 12.4. The van der Waals surface area contributed by atoms with Crippen LogP contribution in [0.4, 0.5) is 0 Å². The molecular weight excluding hydrogens is 266 g/mol. The first-order valence-electron chi connectivity index (χ1n) is 7.77. The first-order chi connectivity index (χ1) is 10.3.